The van der Waals surface area contributed by atoms with E-state index in [1.54, 1.807) is 0 Å². The van der Waals surface area contributed by atoms with Crippen molar-refractivity contribution in [3.63, 3.8) is 0 Å². The topological polar surface area (TPSA) is 9.23 Å². The van der Waals surface area contributed by atoms with E-state index in [1.807, 2.05) is 32.0 Å². The van der Waals surface area contributed by atoms with Crippen molar-refractivity contribution < 1.29 is 9.13 Å². The number of aryl methyl sites for hydroxylation is 2. The Morgan fingerprint density at radius 2 is 2.00 bits per heavy atom. The Kier molecular flexibility index (Phi) is 2.69. The molecule has 0 N–H and O–H groups in total. The molecule has 1 unspecified atom stereocenters. The van der Waals surface area contributed by atoms with E-state index in [2.05, 4.69) is 0 Å². The molecule has 0 bridgehead atoms. The SMILES string of the molecule is Cc1ccc(C)c(OC(C)F)c1. The molecule has 1 atom stereocenters. The fraction of sp³-hybridized carbons (Fsp3) is 0.400. The smallest absolute Gasteiger partial charge is 0.235 e. The Morgan fingerprint density at radius 1 is 1.33 bits per heavy atom. The van der Waals surface area contributed by atoms with Crippen LogP contribution < -0.4 is 4.74 Å². The van der Waals surface area contributed by atoms with Crippen LogP contribution in [0, 0.1) is 13.8 Å². The Hall–Kier alpha value is -1.05. The van der Waals surface area contributed by atoms with Crippen LogP contribution in [0.25, 0.3) is 0 Å². The van der Waals surface area contributed by atoms with Crippen LogP contribution >= 0.6 is 0 Å². The Balaban J connectivity index is 2.90. The predicted molar refractivity (Wildman–Crippen MR) is 47.1 cm³/mol. The summed E-state index contributed by atoms with van der Waals surface area (Å²) in [6.45, 7) is 5.23. The van der Waals surface area contributed by atoms with E-state index in [-0.39, 0.29) is 0 Å². The maximum Gasteiger partial charge on any atom is 0.235 e. The molecule has 0 heterocycles. The molecule has 1 aromatic carbocycles. The molecule has 0 aliphatic heterocycles. The third kappa shape index (κ3) is 2.22. The number of hydrogen-bond acceptors (Lipinski definition) is 1. The molecule has 12 heavy (non-hydrogen) atoms. The van der Waals surface area contributed by atoms with Crippen molar-refractivity contribution in [1.82, 2.24) is 0 Å². The second kappa shape index (κ2) is 3.57. The van der Waals surface area contributed by atoms with Gasteiger partial charge in [-0.15, -0.1) is 0 Å². The normalized spacial score (nSPS) is 12.7. The first-order chi connectivity index (χ1) is 5.59. The standard InChI is InChI=1S/C10H13FO/c1-7-4-5-8(2)10(6-7)12-9(3)11/h4-6,9H,1-3H3. The molecule has 0 fully saturated rings. The molecule has 0 aliphatic carbocycles. The highest BCUT2D eigenvalue weighted by Gasteiger charge is 2.03. The Bertz CT molecular complexity index is 269. The summed E-state index contributed by atoms with van der Waals surface area (Å²) in [6, 6.07) is 5.74. The van der Waals surface area contributed by atoms with Crippen LogP contribution in [0.2, 0.25) is 0 Å². The van der Waals surface area contributed by atoms with Gasteiger partial charge in [-0.25, -0.2) is 4.39 Å². The maximum atomic E-state index is 12.5. The molecule has 2 heteroatoms. The van der Waals surface area contributed by atoms with Gasteiger partial charge in [0.25, 0.3) is 0 Å². The Labute approximate surface area is 72.2 Å². The highest BCUT2D eigenvalue weighted by Crippen LogP contribution is 2.20. The summed E-state index contributed by atoms with van der Waals surface area (Å²) in [7, 11) is 0. The highest BCUT2D eigenvalue weighted by atomic mass is 19.1. The minimum Gasteiger partial charge on any atom is -0.460 e. The van der Waals surface area contributed by atoms with Crippen LogP contribution in [-0.2, 0) is 0 Å². The van der Waals surface area contributed by atoms with Gasteiger partial charge in [0.2, 0.25) is 6.36 Å². The predicted octanol–water partition coefficient (Wildman–Crippen LogP) is 3.00. The lowest BCUT2D eigenvalue weighted by atomic mass is 10.1. The monoisotopic (exact) mass is 168 g/mol. The van der Waals surface area contributed by atoms with Gasteiger partial charge in [-0.1, -0.05) is 12.1 Å². The fourth-order valence-corrected chi connectivity index (χ4v) is 1.01. The first-order valence-corrected chi connectivity index (χ1v) is 3.97. The van der Waals surface area contributed by atoms with Gasteiger partial charge >= 0.3 is 0 Å². The van der Waals surface area contributed by atoms with E-state index >= 15 is 0 Å². The lowest BCUT2D eigenvalue weighted by Gasteiger charge is -2.09. The minimum atomic E-state index is -1.24. The van der Waals surface area contributed by atoms with Crippen LogP contribution in [0.15, 0.2) is 18.2 Å². The number of hydrogen-bond donors (Lipinski definition) is 0. The lowest BCUT2D eigenvalue weighted by molar-refractivity contribution is 0.0852. The molecule has 0 saturated carbocycles. The van der Waals surface area contributed by atoms with E-state index in [1.165, 1.54) is 6.92 Å². The third-order valence-corrected chi connectivity index (χ3v) is 1.63. The zero-order valence-corrected chi connectivity index (χ0v) is 7.60. The van der Waals surface area contributed by atoms with Crippen molar-refractivity contribution in [2.24, 2.45) is 0 Å². The average Bonchev–Trinajstić information content (AvgIpc) is 1.96. The highest BCUT2D eigenvalue weighted by molar-refractivity contribution is 5.35. The van der Waals surface area contributed by atoms with Gasteiger partial charge in [0, 0.05) is 6.92 Å². The fourth-order valence-electron chi connectivity index (χ4n) is 1.01. The van der Waals surface area contributed by atoms with Gasteiger partial charge in [-0.3, -0.25) is 0 Å². The van der Waals surface area contributed by atoms with Crippen LogP contribution in [0.5, 0.6) is 5.75 Å². The summed E-state index contributed by atoms with van der Waals surface area (Å²) in [5.74, 6) is 0.630. The summed E-state index contributed by atoms with van der Waals surface area (Å²) < 4.78 is 17.4. The average molecular weight is 168 g/mol. The molecule has 1 nitrogen and oxygen atoms in total. The molecule has 66 valence electrons. The van der Waals surface area contributed by atoms with Crippen molar-refractivity contribution in [2.75, 3.05) is 0 Å². The summed E-state index contributed by atoms with van der Waals surface area (Å²) in [5.41, 5.74) is 2.04. The van der Waals surface area contributed by atoms with Crippen molar-refractivity contribution in [2.45, 2.75) is 27.1 Å². The number of alkyl halides is 1. The first kappa shape index (κ1) is 9.04. The molecule has 0 spiro atoms. The number of rotatable bonds is 2. The molecule has 0 saturated heterocycles. The van der Waals surface area contributed by atoms with Gasteiger partial charge in [0.15, 0.2) is 0 Å². The van der Waals surface area contributed by atoms with E-state index < -0.39 is 6.36 Å². The number of halogens is 1. The lowest BCUT2D eigenvalue weighted by Crippen LogP contribution is -2.04. The van der Waals surface area contributed by atoms with Crippen LogP contribution in [-0.4, -0.2) is 6.36 Å². The van der Waals surface area contributed by atoms with Crippen molar-refractivity contribution in [3.8, 4) is 5.75 Å². The zero-order valence-electron chi connectivity index (χ0n) is 7.60. The van der Waals surface area contributed by atoms with E-state index in [0.29, 0.717) is 5.75 Å². The Morgan fingerprint density at radius 3 is 2.58 bits per heavy atom. The largest absolute Gasteiger partial charge is 0.460 e. The van der Waals surface area contributed by atoms with Gasteiger partial charge < -0.3 is 4.74 Å². The van der Waals surface area contributed by atoms with Crippen molar-refractivity contribution in [3.05, 3.63) is 29.3 Å². The number of ether oxygens (including phenoxy) is 1. The zero-order chi connectivity index (χ0) is 9.14. The molecule has 0 aliphatic rings. The van der Waals surface area contributed by atoms with Crippen molar-refractivity contribution in [1.29, 1.82) is 0 Å². The molecule has 1 aromatic rings. The molecule has 0 radical (unpaired) electrons. The van der Waals surface area contributed by atoms with E-state index in [9.17, 15) is 4.39 Å². The van der Waals surface area contributed by atoms with Crippen molar-refractivity contribution >= 4 is 0 Å². The maximum absolute atomic E-state index is 12.5. The second-order valence-electron chi connectivity index (χ2n) is 2.93. The van der Waals surface area contributed by atoms with Gasteiger partial charge in [0.05, 0.1) is 0 Å². The van der Waals surface area contributed by atoms with Crippen LogP contribution in [0.1, 0.15) is 18.1 Å². The summed E-state index contributed by atoms with van der Waals surface area (Å²) in [4.78, 5) is 0. The van der Waals surface area contributed by atoms with Gasteiger partial charge in [0.1, 0.15) is 5.75 Å². The quantitative estimate of drug-likeness (QED) is 0.659. The molecular weight excluding hydrogens is 155 g/mol. The third-order valence-electron chi connectivity index (χ3n) is 1.63. The van der Waals surface area contributed by atoms with Gasteiger partial charge in [-0.05, 0) is 31.0 Å². The minimum absolute atomic E-state index is 0.630. The molecular formula is C10H13FO. The van der Waals surface area contributed by atoms with Crippen LogP contribution in [0.3, 0.4) is 0 Å². The first-order valence-electron chi connectivity index (χ1n) is 3.97. The summed E-state index contributed by atoms with van der Waals surface area (Å²) in [5, 5.41) is 0. The van der Waals surface area contributed by atoms with Gasteiger partial charge in [-0.2, -0.15) is 0 Å². The van der Waals surface area contributed by atoms with Crippen LogP contribution in [0.4, 0.5) is 4.39 Å². The molecule has 0 aromatic heterocycles. The molecule has 0 amide bonds. The second-order valence-corrected chi connectivity index (χ2v) is 2.93. The summed E-state index contributed by atoms with van der Waals surface area (Å²) >= 11 is 0. The number of benzene rings is 1. The van der Waals surface area contributed by atoms with E-state index in [0.717, 1.165) is 11.1 Å². The summed E-state index contributed by atoms with van der Waals surface area (Å²) in [6.07, 6.45) is -1.24. The molecule has 1 rings (SSSR count). The van der Waals surface area contributed by atoms with E-state index in [4.69, 9.17) is 4.74 Å².